The van der Waals surface area contributed by atoms with Crippen molar-refractivity contribution in [1.29, 1.82) is 0 Å². The first-order valence-corrected chi connectivity index (χ1v) is 9.09. The molecule has 2 aliphatic heterocycles. The Labute approximate surface area is 144 Å². The summed E-state index contributed by atoms with van der Waals surface area (Å²) in [5, 5.41) is 2.90. The van der Waals surface area contributed by atoms with Gasteiger partial charge < -0.3 is 15.1 Å². The van der Waals surface area contributed by atoms with Crippen LogP contribution in [0, 0.1) is 19.8 Å². The number of aryl methyl sites for hydroxylation is 2. The van der Waals surface area contributed by atoms with Crippen LogP contribution in [0.4, 0.5) is 10.7 Å². The summed E-state index contributed by atoms with van der Waals surface area (Å²) in [6.45, 7) is 12.0. The minimum absolute atomic E-state index is 0.0717. The molecule has 0 aromatic carbocycles. The Morgan fingerprint density at radius 2 is 1.92 bits per heavy atom. The zero-order valence-corrected chi connectivity index (χ0v) is 15.3. The van der Waals surface area contributed by atoms with Gasteiger partial charge in [0.1, 0.15) is 0 Å². The highest BCUT2D eigenvalue weighted by atomic mass is 16.2. The number of aromatic nitrogens is 2. The first-order valence-electron chi connectivity index (χ1n) is 9.09. The molecule has 6 heteroatoms. The summed E-state index contributed by atoms with van der Waals surface area (Å²) in [7, 11) is 0. The second-order valence-corrected chi connectivity index (χ2v) is 7.44. The van der Waals surface area contributed by atoms with Crippen LogP contribution in [0.5, 0.6) is 0 Å². The van der Waals surface area contributed by atoms with Gasteiger partial charge in [-0.25, -0.2) is 14.8 Å². The van der Waals surface area contributed by atoms with Gasteiger partial charge in [0.15, 0.2) is 0 Å². The minimum atomic E-state index is 0.0717. The maximum atomic E-state index is 11.9. The van der Waals surface area contributed by atoms with Gasteiger partial charge in [-0.15, -0.1) is 0 Å². The van der Waals surface area contributed by atoms with Crippen LogP contribution in [-0.4, -0.2) is 53.1 Å². The molecule has 2 aliphatic rings. The van der Waals surface area contributed by atoms with Crippen LogP contribution in [0.1, 0.15) is 43.6 Å². The van der Waals surface area contributed by atoms with Gasteiger partial charge in [0.2, 0.25) is 5.95 Å². The predicted molar refractivity (Wildman–Crippen MR) is 95.4 cm³/mol. The van der Waals surface area contributed by atoms with Gasteiger partial charge in [0, 0.05) is 37.6 Å². The number of carbonyl (C=O) groups excluding carboxylic acids is 1. The fraction of sp³-hybridized carbons (Fsp3) is 0.722. The summed E-state index contributed by atoms with van der Waals surface area (Å²) in [4.78, 5) is 25.7. The highest BCUT2D eigenvalue weighted by Crippen LogP contribution is 2.23. The molecule has 0 bridgehead atoms. The van der Waals surface area contributed by atoms with Gasteiger partial charge >= 0.3 is 6.03 Å². The highest BCUT2D eigenvalue weighted by molar-refractivity contribution is 5.76. The standard InChI is InChI=1S/C18H29N5O/c1-12(2)10-16-13(3)20-17(21-14(16)4)22-8-5-6-15(11-22)23-9-7-19-18(23)24/h12,15H,5-11H2,1-4H3,(H,19,24)/t15-/m1/s1. The van der Waals surface area contributed by atoms with Crippen molar-refractivity contribution in [3.05, 3.63) is 17.0 Å². The molecule has 1 aromatic rings. The van der Waals surface area contributed by atoms with Crippen LogP contribution < -0.4 is 10.2 Å². The Bertz CT molecular complexity index is 592. The average molecular weight is 331 g/mol. The summed E-state index contributed by atoms with van der Waals surface area (Å²) in [6.07, 6.45) is 3.16. The van der Waals surface area contributed by atoms with Gasteiger partial charge in [0.25, 0.3) is 0 Å². The van der Waals surface area contributed by atoms with Crippen molar-refractivity contribution < 1.29 is 4.79 Å². The molecular weight excluding hydrogens is 302 g/mol. The quantitative estimate of drug-likeness (QED) is 0.919. The molecule has 1 aromatic heterocycles. The minimum Gasteiger partial charge on any atom is -0.339 e. The third-order valence-corrected chi connectivity index (χ3v) is 5.03. The summed E-state index contributed by atoms with van der Waals surface area (Å²) in [5.41, 5.74) is 3.46. The number of nitrogens with one attached hydrogen (secondary N) is 1. The lowest BCUT2D eigenvalue weighted by Crippen LogP contribution is -2.49. The Kier molecular flexibility index (Phi) is 4.92. The SMILES string of the molecule is Cc1nc(N2CCC[C@@H](N3CCNC3=O)C2)nc(C)c1CC(C)C. The van der Waals surface area contributed by atoms with E-state index in [1.54, 1.807) is 0 Å². The molecule has 1 N–H and O–H groups in total. The van der Waals surface area contributed by atoms with E-state index in [1.807, 2.05) is 4.90 Å². The number of hydrogen-bond acceptors (Lipinski definition) is 4. The number of nitrogens with zero attached hydrogens (tertiary/aromatic N) is 4. The zero-order chi connectivity index (χ0) is 17.3. The largest absolute Gasteiger partial charge is 0.339 e. The molecule has 3 heterocycles. The second kappa shape index (κ2) is 6.95. The predicted octanol–water partition coefficient (Wildman–Crippen LogP) is 2.29. The Morgan fingerprint density at radius 3 is 2.50 bits per heavy atom. The summed E-state index contributed by atoms with van der Waals surface area (Å²) in [6, 6.07) is 0.336. The monoisotopic (exact) mass is 331 g/mol. The molecular formula is C18H29N5O. The fourth-order valence-electron chi connectivity index (χ4n) is 3.79. The van der Waals surface area contributed by atoms with E-state index in [0.717, 1.165) is 62.8 Å². The van der Waals surface area contributed by atoms with E-state index in [1.165, 1.54) is 5.56 Å². The zero-order valence-electron chi connectivity index (χ0n) is 15.3. The Morgan fingerprint density at radius 1 is 1.21 bits per heavy atom. The van der Waals surface area contributed by atoms with E-state index >= 15 is 0 Å². The number of anilines is 1. The van der Waals surface area contributed by atoms with Crippen molar-refractivity contribution >= 4 is 12.0 Å². The van der Waals surface area contributed by atoms with Crippen LogP contribution in [0.2, 0.25) is 0 Å². The van der Waals surface area contributed by atoms with Crippen LogP contribution in [0.3, 0.4) is 0 Å². The number of urea groups is 1. The van der Waals surface area contributed by atoms with Crippen molar-refractivity contribution in [2.45, 2.75) is 53.0 Å². The lowest BCUT2D eigenvalue weighted by Gasteiger charge is -2.37. The van der Waals surface area contributed by atoms with Gasteiger partial charge in [-0.05, 0) is 44.6 Å². The summed E-state index contributed by atoms with van der Waals surface area (Å²) >= 11 is 0. The van der Waals surface area contributed by atoms with Crippen molar-refractivity contribution in [2.24, 2.45) is 5.92 Å². The number of amides is 2. The maximum absolute atomic E-state index is 11.9. The van der Waals surface area contributed by atoms with Crippen molar-refractivity contribution in [3.63, 3.8) is 0 Å². The van der Waals surface area contributed by atoms with Crippen LogP contribution in [0.15, 0.2) is 0 Å². The molecule has 3 rings (SSSR count). The van der Waals surface area contributed by atoms with E-state index in [2.05, 4.69) is 37.9 Å². The Balaban J connectivity index is 1.77. The van der Waals surface area contributed by atoms with Crippen LogP contribution in [-0.2, 0) is 6.42 Å². The lowest BCUT2D eigenvalue weighted by molar-refractivity contribution is 0.189. The molecule has 0 radical (unpaired) electrons. The van der Waals surface area contributed by atoms with Gasteiger partial charge in [0.05, 0.1) is 6.04 Å². The summed E-state index contributed by atoms with van der Waals surface area (Å²) in [5.74, 6) is 1.42. The number of carbonyl (C=O) groups is 1. The molecule has 0 spiro atoms. The Hall–Kier alpha value is -1.85. The second-order valence-electron chi connectivity index (χ2n) is 7.44. The van der Waals surface area contributed by atoms with Gasteiger partial charge in [-0.2, -0.15) is 0 Å². The molecule has 2 amide bonds. The van der Waals surface area contributed by atoms with E-state index in [0.29, 0.717) is 5.92 Å². The number of piperidine rings is 1. The molecule has 0 aliphatic carbocycles. The first kappa shape index (κ1) is 17.0. The average Bonchev–Trinajstić information content (AvgIpc) is 2.97. The normalized spacial score (nSPS) is 21.5. The maximum Gasteiger partial charge on any atom is 0.317 e. The van der Waals surface area contributed by atoms with Crippen molar-refractivity contribution in [1.82, 2.24) is 20.2 Å². The smallest absolute Gasteiger partial charge is 0.317 e. The highest BCUT2D eigenvalue weighted by Gasteiger charge is 2.32. The lowest BCUT2D eigenvalue weighted by atomic mass is 10.0. The molecule has 6 nitrogen and oxygen atoms in total. The molecule has 1 atom stereocenters. The number of rotatable bonds is 4. The van der Waals surface area contributed by atoms with E-state index in [9.17, 15) is 4.79 Å². The third kappa shape index (κ3) is 3.47. The van der Waals surface area contributed by atoms with Gasteiger partial charge in [-0.1, -0.05) is 13.8 Å². The molecule has 2 fully saturated rings. The van der Waals surface area contributed by atoms with Crippen LogP contribution in [0.25, 0.3) is 0 Å². The number of hydrogen-bond donors (Lipinski definition) is 1. The van der Waals surface area contributed by atoms with E-state index < -0.39 is 0 Å². The van der Waals surface area contributed by atoms with Gasteiger partial charge in [-0.3, -0.25) is 0 Å². The molecule has 24 heavy (non-hydrogen) atoms. The molecule has 2 saturated heterocycles. The fourth-order valence-corrected chi connectivity index (χ4v) is 3.79. The summed E-state index contributed by atoms with van der Waals surface area (Å²) < 4.78 is 0. The van der Waals surface area contributed by atoms with Crippen molar-refractivity contribution in [2.75, 3.05) is 31.1 Å². The molecule has 0 unspecified atom stereocenters. The third-order valence-electron chi connectivity index (χ3n) is 5.03. The van der Waals surface area contributed by atoms with E-state index in [-0.39, 0.29) is 12.1 Å². The van der Waals surface area contributed by atoms with E-state index in [4.69, 9.17) is 9.97 Å². The molecule has 0 saturated carbocycles. The van der Waals surface area contributed by atoms with Crippen LogP contribution >= 0.6 is 0 Å². The van der Waals surface area contributed by atoms with Crippen molar-refractivity contribution in [3.8, 4) is 0 Å². The topological polar surface area (TPSA) is 61.4 Å². The molecule has 132 valence electrons. The first-order chi connectivity index (χ1) is 11.5.